The summed E-state index contributed by atoms with van der Waals surface area (Å²) >= 11 is 0. The first-order valence-corrected chi connectivity index (χ1v) is 20.2. The maximum Gasteiger partial charge on any atom is 0.241 e. The third kappa shape index (κ3) is 4.73. The van der Waals surface area contributed by atoms with Crippen LogP contribution in [0.4, 0.5) is 0 Å². The lowest BCUT2D eigenvalue weighted by Gasteiger charge is -2.18. The summed E-state index contributed by atoms with van der Waals surface area (Å²) in [5.41, 5.74) is 14.2. The molecule has 0 radical (unpaired) electrons. The van der Waals surface area contributed by atoms with Crippen LogP contribution in [0.3, 0.4) is 0 Å². The van der Waals surface area contributed by atoms with E-state index in [4.69, 9.17) is 8.83 Å². The van der Waals surface area contributed by atoms with Crippen molar-refractivity contribution >= 4 is 111 Å². The Hall–Kier alpha value is -7.76. The molecule has 274 valence electrons. The molecule has 0 atom stereocenters. The van der Waals surface area contributed by atoms with Crippen molar-refractivity contribution < 1.29 is 8.83 Å². The van der Waals surface area contributed by atoms with E-state index in [1.165, 1.54) is 60.0 Å². The molecule has 0 aliphatic rings. The SMILES string of the molecule is c1ccc(-n2c3ccccc3c3ccc4c5ccccc5n(-c5cccc(B(c6ccc7oc8ccccc8c7c6)c6ccc7oc8ccccc8c7c6)c5)c4c32)cc1. The predicted molar refractivity (Wildman–Crippen MR) is 247 cm³/mol. The third-order valence-electron chi connectivity index (χ3n) is 12.4. The number of nitrogens with zero attached hydrogens (tertiary/aromatic N) is 2. The first-order valence-electron chi connectivity index (χ1n) is 20.2. The zero-order valence-electron chi connectivity index (χ0n) is 31.8. The number of rotatable bonds is 5. The molecule has 0 saturated heterocycles. The van der Waals surface area contributed by atoms with Gasteiger partial charge in [-0.2, -0.15) is 0 Å². The van der Waals surface area contributed by atoms with Gasteiger partial charge in [0.1, 0.15) is 22.3 Å². The van der Waals surface area contributed by atoms with E-state index >= 15 is 0 Å². The molecule has 13 aromatic rings. The van der Waals surface area contributed by atoms with Gasteiger partial charge in [-0.25, -0.2) is 0 Å². The second-order valence-electron chi connectivity index (χ2n) is 15.6. The van der Waals surface area contributed by atoms with Crippen molar-refractivity contribution in [1.82, 2.24) is 9.13 Å². The number of benzene rings is 9. The number of fused-ring (bicyclic) bond motifs is 13. The molecule has 0 saturated carbocycles. The number of aromatic nitrogens is 2. The Morgan fingerprint density at radius 1 is 0.288 bits per heavy atom. The quantitative estimate of drug-likeness (QED) is 0.164. The van der Waals surface area contributed by atoms with Crippen LogP contribution in [0.2, 0.25) is 0 Å². The van der Waals surface area contributed by atoms with Gasteiger partial charge in [-0.3, -0.25) is 0 Å². The van der Waals surface area contributed by atoms with Crippen LogP contribution in [0, 0.1) is 0 Å². The summed E-state index contributed by atoms with van der Waals surface area (Å²) in [7, 11) is 0. The lowest BCUT2D eigenvalue weighted by atomic mass is 9.36. The normalized spacial score (nSPS) is 12.1. The Kier molecular flexibility index (Phi) is 6.78. The number of furan rings is 2. The van der Waals surface area contributed by atoms with Crippen molar-refractivity contribution in [3.8, 4) is 11.4 Å². The fourth-order valence-corrected chi connectivity index (χ4v) is 9.88. The summed E-state index contributed by atoms with van der Waals surface area (Å²) in [5, 5.41) is 9.41. The van der Waals surface area contributed by atoms with E-state index in [1.807, 2.05) is 24.3 Å². The van der Waals surface area contributed by atoms with E-state index in [0.717, 1.165) is 55.3 Å². The molecule has 4 heterocycles. The average molecular weight is 753 g/mol. The van der Waals surface area contributed by atoms with Crippen molar-refractivity contribution in [2.75, 3.05) is 0 Å². The van der Waals surface area contributed by atoms with Gasteiger partial charge in [-0.1, -0.05) is 156 Å². The molecule has 13 rings (SSSR count). The highest BCUT2D eigenvalue weighted by Gasteiger charge is 2.26. The number of para-hydroxylation sites is 5. The maximum absolute atomic E-state index is 6.32. The van der Waals surface area contributed by atoms with Crippen molar-refractivity contribution in [2.45, 2.75) is 0 Å². The predicted octanol–water partition coefficient (Wildman–Crippen LogP) is 12.2. The molecule has 0 N–H and O–H groups in total. The smallest absolute Gasteiger partial charge is 0.241 e. The van der Waals surface area contributed by atoms with Gasteiger partial charge in [0.05, 0.1) is 22.1 Å². The molecule has 0 aliphatic carbocycles. The molecule has 0 bridgehead atoms. The molecule has 5 heteroatoms. The minimum absolute atomic E-state index is 0.0880. The highest BCUT2D eigenvalue weighted by atomic mass is 16.3. The van der Waals surface area contributed by atoms with Crippen LogP contribution in [-0.4, -0.2) is 15.8 Å². The maximum atomic E-state index is 6.32. The Bertz CT molecular complexity index is 3700. The minimum Gasteiger partial charge on any atom is -0.456 e. The van der Waals surface area contributed by atoms with E-state index in [0.29, 0.717) is 0 Å². The van der Waals surface area contributed by atoms with Crippen molar-refractivity contribution in [3.05, 3.63) is 200 Å². The zero-order chi connectivity index (χ0) is 38.6. The average Bonchev–Trinajstić information content (AvgIpc) is 4.04. The first kappa shape index (κ1) is 32.3. The van der Waals surface area contributed by atoms with Crippen molar-refractivity contribution in [2.24, 2.45) is 0 Å². The lowest BCUT2D eigenvalue weighted by molar-refractivity contribution is 0.668. The summed E-state index contributed by atoms with van der Waals surface area (Å²) in [6.45, 7) is -0.0880. The van der Waals surface area contributed by atoms with E-state index in [2.05, 4.69) is 185 Å². The van der Waals surface area contributed by atoms with Gasteiger partial charge in [0.25, 0.3) is 0 Å². The zero-order valence-corrected chi connectivity index (χ0v) is 31.8. The molecule has 9 aromatic carbocycles. The van der Waals surface area contributed by atoms with Gasteiger partial charge in [0, 0.05) is 54.5 Å². The Labute approximate surface area is 338 Å². The first-order chi connectivity index (χ1) is 29.3. The minimum atomic E-state index is -0.0880. The molecular weight excluding hydrogens is 719 g/mol. The topological polar surface area (TPSA) is 36.1 Å². The summed E-state index contributed by atoms with van der Waals surface area (Å²) in [6.07, 6.45) is 0. The molecule has 4 nitrogen and oxygen atoms in total. The van der Waals surface area contributed by atoms with Gasteiger partial charge in [-0.15, -0.1) is 0 Å². The third-order valence-corrected chi connectivity index (χ3v) is 12.4. The van der Waals surface area contributed by atoms with Crippen LogP contribution < -0.4 is 16.4 Å². The van der Waals surface area contributed by atoms with Crippen LogP contribution in [0.25, 0.3) is 98.9 Å². The van der Waals surface area contributed by atoms with Gasteiger partial charge in [-0.05, 0) is 60.7 Å². The summed E-state index contributed by atoms with van der Waals surface area (Å²) in [4.78, 5) is 0. The number of hydrogen-bond donors (Lipinski definition) is 0. The number of hydrogen-bond acceptors (Lipinski definition) is 2. The van der Waals surface area contributed by atoms with Crippen molar-refractivity contribution in [1.29, 1.82) is 0 Å². The van der Waals surface area contributed by atoms with E-state index in [1.54, 1.807) is 0 Å². The van der Waals surface area contributed by atoms with E-state index in [-0.39, 0.29) is 6.71 Å². The lowest BCUT2D eigenvalue weighted by Crippen LogP contribution is -2.52. The second kappa shape index (κ2) is 12.4. The molecular formula is C54H33BN2O2. The van der Waals surface area contributed by atoms with Gasteiger partial charge < -0.3 is 18.0 Å². The summed E-state index contributed by atoms with van der Waals surface area (Å²) in [6, 6.07) is 72.3. The van der Waals surface area contributed by atoms with Crippen LogP contribution in [-0.2, 0) is 0 Å². The van der Waals surface area contributed by atoms with Gasteiger partial charge >= 0.3 is 0 Å². The second-order valence-corrected chi connectivity index (χ2v) is 15.6. The standard InChI is InChI=1S/C54H33BN2O2/c1-2-14-37(15-3-1)56-47-21-8-4-17-39(47)43-27-28-44-40-18-5-9-22-48(40)57(54(44)53(43)56)38-16-12-13-34(31-38)55(35-25-29-51-45(32-35)41-19-6-10-23-49(41)58-51)36-26-30-52-46(33-36)42-20-7-11-24-50(42)59-52/h1-33H. The Morgan fingerprint density at radius 2 is 0.729 bits per heavy atom. The molecule has 0 spiro atoms. The summed E-state index contributed by atoms with van der Waals surface area (Å²) < 4.78 is 17.6. The van der Waals surface area contributed by atoms with Crippen molar-refractivity contribution in [3.63, 3.8) is 0 Å². The largest absolute Gasteiger partial charge is 0.456 e. The fourth-order valence-electron chi connectivity index (χ4n) is 9.88. The van der Waals surface area contributed by atoms with Gasteiger partial charge in [0.15, 0.2) is 0 Å². The molecule has 0 amide bonds. The van der Waals surface area contributed by atoms with Crippen LogP contribution in [0.5, 0.6) is 0 Å². The van der Waals surface area contributed by atoms with Crippen LogP contribution in [0.1, 0.15) is 0 Å². The monoisotopic (exact) mass is 752 g/mol. The van der Waals surface area contributed by atoms with E-state index < -0.39 is 0 Å². The molecule has 0 aliphatic heterocycles. The molecule has 59 heavy (non-hydrogen) atoms. The highest BCUT2D eigenvalue weighted by Crippen LogP contribution is 2.41. The highest BCUT2D eigenvalue weighted by molar-refractivity contribution is 6.95. The van der Waals surface area contributed by atoms with Gasteiger partial charge in [0.2, 0.25) is 6.71 Å². The molecule has 0 unspecified atom stereocenters. The molecule has 4 aromatic heterocycles. The van der Waals surface area contributed by atoms with Crippen LogP contribution in [0.15, 0.2) is 209 Å². The molecule has 0 fully saturated rings. The fraction of sp³-hybridized carbons (Fsp3) is 0. The Balaban J connectivity index is 1.10. The summed E-state index contributed by atoms with van der Waals surface area (Å²) in [5.74, 6) is 0. The van der Waals surface area contributed by atoms with Crippen LogP contribution >= 0.6 is 0 Å². The Morgan fingerprint density at radius 3 is 1.31 bits per heavy atom. The van der Waals surface area contributed by atoms with E-state index in [9.17, 15) is 0 Å².